The third-order valence-electron chi connectivity index (χ3n) is 5.12. The van der Waals surface area contributed by atoms with E-state index in [-0.39, 0.29) is 17.4 Å². The molecule has 1 amide bonds. The van der Waals surface area contributed by atoms with Gasteiger partial charge in [0, 0.05) is 62.2 Å². The fourth-order valence-electron chi connectivity index (χ4n) is 3.92. The van der Waals surface area contributed by atoms with Crippen LogP contribution in [-0.2, 0) is 11.3 Å². The molecule has 2 aromatic rings. The van der Waals surface area contributed by atoms with Crippen LogP contribution >= 0.6 is 0 Å². The first kappa shape index (κ1) is 15.1. The minimum Gasteiger partial charge on any atom is -0.342 e. The van der Waals surface area contributed by atoms with E-state index >= 15 is 0 Å². The monoisotopic (exact) mass is 324 g/mol. The van der Waals surface area contributed by atoms with Crippen molar-refractivity contribution in [1.29, 1.82) is 0 Å². The maximum absolute atomic E-state index is 12.6. The molecule has 2 aliphatic heterocycles. The molecular formula is C18H20N4O2. The minimum atomic E-state index is 0.0223. The number of carbonyl (C=O) groups is 1. The Labute approximate surface area is 140 Å². The molecule has 2 atom stereocenters. The number of rotatable bonds is 1. The standard InChI is InChI=1S/C18H20N4O2/c1-11-19-6-16(7-20-11)14-4-17-15-3-13(8-21(10-15)12(2)23)9-22(17)18(24)5-14/h4-7,13,15H,3,8-10H2,1-2H3/t13-,15+/m0/s1. The van der Waals surface area contributed by atoms with Crippen molar-refractivity contribution in [1.82, 2.24) is 19.4 Å². The summed E-state index contributed by atoms with van der Waals surface area (Å²) in [6.45, 7) is 5.60. The summed E-state index contributed by atoms with van der Waals surface area (Å²) in [5, 5.41) is 0. The molecule has 4 rings (SSSR count). The van der Waals surface area contributed by atoms with E-state index in [2.05, 4.69) is 16.0 Å². The van der Waals surface area contributed by atoms with E-state index in [1.807, 2.05) is 16.4 Å². The van der Waals surface area contributed by atoms with Gasteiger partial charge in [0.05, 0.1) is 0 Å². The molecule has 4 heterocycles. The second-order valence-corrected chi connectivity index (χ2v) is 6.86. The van der Waals surface area contributed by atoms with Gasteiger partial charge in [-0.05, 0) is 30.9 Å². The molecule has 124 valence electrons. The number of piperidine rings is 1. The highest BCUT2D eigenvalue weighted by Gasteiger charge is 2.35. The number of hydrogen-bond acceptors (Lipinski definition) is 4. The van der Waals surface area contributed by atoms with E-state index in [1.165, 1.54) is 0 Å². The number of aromatic nitrogens is 3. The summed E-state index contributed by atoms with van der Waals surface area (Å²) in [6, 6.07) is 3.74. The summed E-state index contributed by atoms with van der Waals surface area (Å²) in [4.78, 5) is 34.7. The molecule has 1 saturated heterocycles. The lowest BCUT2D eigenvalue weighted by atomic mass is 9.82. The molecule has 2 aliphatic rings. The summed E-state index contributed by atoms with van der Waals surface area (Å²) in [7, 11) is 0. The number of likely N-dealkylation sites (tertiary alicyclic amines) is 1. The van der Waals surface area contributed by atoms with Gasteiger partial charge in [-0.1, -0.05) is 0 Å². The Morgan fingerprint density at radius 1 is 1.12 bits per heavy atom. The van der Waals surface area contributed by atoms with Gasteiger partial charge in [-0.25, -0.2) is 9.97 Å². The van der Waals surface area contributed by atoms with Gasteiger partial charge in [-0.15, -0.1) is 0 Å². The normalized spacial score (nSPS) is 22.2. The van der Waals surface area contributed by atoms with Crippen molar-refractivity contribution in [3.05, 3.63) is 46.4 Å². The number of amides is 1. The first-order valence-electron chi connectivity index (χ1n) is 8.30. The molecule has 2 bridgehead atoms. The van der Waals surface area contributed by atoms with Crippen LogP contribution in [0.3, 0.4) is 0 Å². The Hall–Kier alpha value is -2.50. The minimum absolute atomic E-state index is 0.0223. The Balaban J connectivity index is 1.77. The SMILES string of the molecule is CC(=O)N1C[C@@H]2C[C@H](C1)c1cc(-c3cnc(C)nc3)cc(=O)n1C2. The number of carbonyl (C=O) groups excluding carboxylic acids is 1. The molecular weight excluding hydrogens is 304 g/mol. The van der Waals surface area contributed by atoms with Crippen LogP contribution in [0.5, 0.6) is 0 Å². The molecule has 0 unspecified atom stereocenters. The number of hydrogen-bond donors (Lipinski definition) is 0. The molecule has 1 fully saturated rings. The molecule has 6 heteroatoms. The largest absolute Gasteiger partial charge is 0.342 e. The first-order valence-corrected chi connectivity index (χ1v) is 8.30. The average molecular weight is 324 g/mol. The van der Waals surface area contributed by atoms with Crippen molar-refractivity contribution in [2.75, 3.05) is 13.1 Å². The fraction of sp³-hybridized carbons (Fsp3) is 0.444. The van der Waals surface area contributed by atoms with Gasteiger partial charge in [0.25, 0.3) is 5.56 Å². The zero-order valence-electron chi connectivity index (χ0n) is 13.9. The Kier molecular flexibility index (Phi) is 3.48. The summed E-state index contributed by atoms with van der Waals surface area (Å²) in [6.07, 6.45) is 4.54. The van der Waals surface area contributed by atoms with Crippen LogP contribution in [0.4, 0.5) is 0 Å². The summed E-state index contributed by atoms with van der Waals surface area (Å²) >= 11 is 0. The van der Waals surface area contributed by atoms with Crippen LogP contribution in [0, 0.1) is 12.8 Å². The second kappa shape index (κ2) is 5.54. The van der Waals surface area contributed by atoms with Gasteiger partial charge >= 0.3 is 0 Å². The molecule has 0 aromatic carbocycles. The van der Waals surface area contributed by atoms with Gasteiger partial charge in [0.1, 0.15) is 5.82 Å². The maximum atomic E-state index is 12.6. The number of fused-ring (bicyclic) bond motifs is 4. The van der Waals surface area contributed by atoms with Crippen molar-refractivity contribution >= 4 is 5.91 Å². The lowest BCUT2D eigenvalue weighted by Gasteiger charge is -2.42. The highest BCUT2D eigenvalue weighted by Crippen LogP contribution is 2.36. The maximum Gasteiger partial charge on any atom is 0.251 e. The van der Waals surface area contributed by atoms with E-state index in [4.69, 9.17) is 0 Å². The van der Waals surface area contributed by atoms with Crippen molar-refractivity contribution in [2.24, 2.45) is 5.92 Å². The number of aryl methyl sites for hydroxylation is 1. The van der Waals surface area contributed by atoms with Crippen LogP contribution in [-0.4, -0.2) is 38.4 Å². The van der Waals surface area contributed by atoms with Crippen LogP contribution in [0.25, 0.3) is 11.1 Å². The zero-order valence-corrected chi connectivity index (χ0v) is 13.9. The van der Waals surface area contributed by atoms with E-state index in [1.54, 1.807) is 25.4 Å². The first-order chi connectivity index (χ1) is 11.5. The van der Waals surface area contributed by atoms with Crippen molar-refractivity contribution in [3.8, 4) is 11.1 Å². The topological polar surface area (TPSA) is 68.1 Å². The Morgan fingerprint density at radius 3 is 2.58 bits per heavy atom. The van der Waals surface area contributed by atoms with Gasteiger partial charge in [0.15, 0.2) is 0 Å². The van der Waals surface area contributed by atoms with Crippen LogP contribution in [0.15, 0.2) is 29.3 Å². The van der Waals surface area contributed by atoms with Crippen LogP contribution < -0.4 is 5.56 Å². The van der Waals surface area contributed by atoms with Crippen molar-refractivity contribution in [3.63, 3.8) is 0 Å². The zero-order chi connectivity index (χ0) is 16.8. The molecule has 0 aliphatic carbocycles. The average Bonchev–Trinajstić information content (AvgIpc) is 2.56. The van der Waals surface area contributed by atoms with E-state index < -0.39 is 0 Å². The predicted octanol–water partition coefficient (Wildman–Crippen LogP) is 1.58. The number of pyridine rings is 1. The van der Waals surface area contributed by atoms with Crippen LogP contribution in [0.2, 0.25) is 0 Å². The summed E-state index contributed by atoms with van der Waals surface area (Å²) in [5.74, 6) is 1.41. The van der Waals surface area contributed by atoms with Gasteiger partial charge in [0.2, 0.25) is 5.91 Å². The van der Waals surface area contributed by atoms with Gasteiger partial charge < -0.3 is 9.47 Å². The molecule has 0 N–H and O–H groups in total. The molecule has 0 spiro atoms. The molecule has 2 aromatic heterocycles. The van der Waals surface area contributed by atoms with E-state index in [0.717, 1.165) is 29.8 Å². The third kappa shape index (κ3) is 2.52. The molecule has 0 saturated carbocycles. The fourth-order valence-corrected chi connectivity index (χ4v) is 3.92. The molecule has 6 nitrogen and oxygen atoms in total. The highest BCUT2D eigenvalue weighted by molar-refractivity contribution is 5.73. The van der Waals surface area contributed by atoms with Gasteiger partial charge in [-0.3, -0.25) is 9.59 Å². The van der Waals surface area contributed by atoms with Crippen molar-refractivity contribution in [2.45, 2.75) is 32.7 Å². The summed E-state index contributed by atoms with van der Waals surface area (Å²) in [5.41, 5.74) is 2.75. The highest BCUT2D eigenvalue weighted by atomic mass is 16.2. The summed E-state index contributed by atoms with van der Waals surface area (Å²) < 4.78 is 1.88. The molecule has 0 radical (unpaired) electrons. The Bertz CT molecular complexity index is 856. The van der Waals surface area contributed by atoms with E-state index in [0.29, 0.717) is 24.8 Å². The van der Waals surface area contributed by atoms with E-state index in [9.17, 15) is 9.59 Å². The lowest BCUT2D eigenvalue weighted by molar-refractivity contribution is -0.131. The van der Waals surface area contributed by atoms with Crippen molar-refractivity contribution < 1.29 is 4.79 Å². The third-order valence-corrected chi connectivity index (χ3v) is 5.12. The Morgan fingerprint density at radius 2 is 1.88 bits per heavy atom. The van der Waals surface area contributed by atoms with Crippen LogP contribution in [0.1, 0.15) is 30.8 Å². The smallest absolute Gasteiger partial charge is 0.251 e. The quantitative estimate of drug-likeness (QED) is 0.799. The second-order valence-electron chi connectivity index (χ2n) is 6.86. The lowest BCUT2D eigenvalue weighted by Crippen LogP contribution is -2.48. The molecule has 24 heavy (non-hydrogen) atoms. The number of nitrogens with zero attached hydrogens (tertiary/aromatic N) is 4. The van der Waals surface area contributed by atoms with Gasteiger partial charge in [-0.2, -0.15) is 0 Å². The predicted molar refractivity (Wildman–Crippen MR) is 89.6 cm³/mol.